The molecule has 0 heterocycles. The zero-order chi connectivity index (χ0) is 10.7. The maximum atomic E-state index is 12.4. The topological polar surface area (TPSA) is 26.3 Å². The molecule has 0 spiro atoms. The highest BCUT2D eigenvalue weighted by molar-refractivity contribution is 5.89. The number of Topliss-reactive ketones (excluding diaryl/α,β-unsaturated/α-hetero) is 1. The minimum Gasteiger partial charge on any atom is -0.370 e. The van der Waals surface area contributed by atoms with Crippen LogP contribution in [0.3, 0.4) is 0 Å². The smallest absolute Gasteiger partial charge is 0.167 e. The van der Waals surface area contributed by atoms with Crippen molar-refractivity contribution in [2.24, 2.45) is 5.92 Å². The Labute approximate surface area is 92.4 Å². The lowest BCUT2D eigenvalue weighted by atomic mass is 9.77. The first-order valence-corrected chi connectivity index (χ1v) is 6.38. The van der Waals surface area contributed by atoms with E-state index in [4.69, 9.17) is 4.74 Å². The van der Waals surface area contributed by atoms with Gasteiger partial charge >= 0.3 is 0 Å². The van der Waals surface area contributed by atoms with Crippen molar-refractivity contribution in [1.29, 1.82) is 0 Å². The first-order chi connectivity index (χ1) is 7.28. The molecule has 2 aliphatic rings. The second kappa shape index (κ2) is 4.65. The maximum absolute atomic E-state index is 12.4. The molecule has 0 aromatic rings. The number of methoxy groups -OCH3 is 1. The van der Waals surface area contributed by atoms with Crippen LogP contribution in [0.5, 0.6) is 0 Å². The molecule has 0 bridgehead atoms. The quantitative estimate of drug-likeness (QED) is 0.715. The molecule has 15 heavy (non-hydrogen) atoms. The Morgan fingerprint density at radius 3 is 2.20 bits per heavy atom. The third kappa shape index (κ3) is 2.10. The molecule has 2 saturated carbocycles. The summed E-state index contributed by atoms with van der Waals surface area (Å²) in [5, 5.41) is 0. The molecule has 2 rings (SSSR count). The summed E-state index contributed by atoms with van der Waals surface area (Å²) in [6, 6.07) is 0. The predicted octanol–water partition coefficient (Wildman–Crippen LogP) is 3.10. The van der Waals surface area contributed by atoms with Gasteiger partial charge in [0, 0.05) is 13.0 Å². The van der Waals surface area contributed by atoms with Gasteiger partial charge in [-0.1, -0.05) is 32.1 Å². The molecule has 0 N–H and O–H groups in total. The third-order valence-electron chi connectivity index (χ3n) is 4.23. The fraction of sp³-hybridized carbons (Fsp3) is 0.923. The van der Waals surface area contributed by atoms with E-state index in [1.807, 2.05) is 0 Å². The van der Waals surface area contributed by atoms with Crippen LogP contribution >= 0.6 is 0 Å². The van der Waals surface area contributed by atoms with Gasteiger partial charge in [0.1, 0.15) is 5.60 Å². The van der Waals surface area contributed by atoms with Crippen molar-refractivity contribution in [2.75, 3.05) is 7.11 Å². The number of hydrogen-bond donors (Lipinski definition) is 0. The van der Waals surface area contributed by atoms with Crippen molar-refractivity contribution in [2.45, 2.75) is 63.4 Å². The van der Waals surface area contributed by atoms with Crippen molar-refractivity contribution < 1.29 is 9.53 Å². The van der Waals surface area contributed by atoms with E-state index in [0.29, 0.717) is 11.7 Å². The van der Waals surface area contributed by atoms with Crippen LogP contribution in [0, 0.1) is 5.92 Å². The predicted molar refractivity (Wildman–Crippen MR) is 59.8 cm³/mol. The van der Waals surface area contributed by atoms with Crippen molar-refractivity contribution in [3.8, 4) is 0 Å². The zero-order valence-corrected chi connectivity index (χ0v) is 9.76. The van der Waals surface area contributed by atoms with Crippen LogP contribution in [0.4, 0.5) is 0 Å². The minimum atomic E-state index is -0.396. The minimum absolute atomic E-state index is 0.308. The summed E-state index contributed by atoms with van der Waals surface area (Å²) in [4.78, 5) is 12.4. The number of carbonyl (C=O) groups excluding carboxylic acids is 1. The zero-order valence-electron chi connectivity index (χ0n) is 9.76. The van der Waals surface area contributed by atoms with Crippen LogP contribution in [0.25, 0.3) is 0 Å². The molecule has 2 heteroatoms. The summed E-state index contributed by atoms with van der Waals surface area (Å²) >= 11 is 0. The molecule has 0 aliphatic heterocycles. The molecule has 2 aliphatic carbocycles. The van der Waals surface area contributed by atoms with Gasteiger partial charge in [-0.05, 0) is 25.7 Å². The lowest BCUT2D eigenvalue weighted by Crippen LogP contribution is -2.45. The fourth-order valence-electron chi connectivity index (χ4n) is 3.23. The van der Waals surface area contributed by atoms with E-state index in [1.54, 1.807) is 7.11 Å². The van der Waals surface area contributed by atoms with Crippen molar-refractivity contribution in [1.82, 2.24) is 0 Å². The highest BCUT2D eigenvalue weighted by Crippen LogP contribution is 2.38. The van der Waals surface area contributed by atoms with Gasteiger partial charge in [0.25, 0.3) is 0 Å². The summed E-state index contributed by atoms with van der Waals surface area (Å²) < 4.78 is 5.60. The molecule has 0 amide bonds. The van der Waals surface area contributed by atoms with Crippen LogP contribution in [0.15, 0.2) is 0 Å². The Bertz CT molecular complexity index is 223. The van der Waals surface area contributed by atoms with Gasteiger partial charge < -0.3 is 4.74 Å². The number of rotatable bonds is 3. The average Bonchev–Trinajstić information content (AvgIpc) is 2.82. The number of hydrogen-bond acceptors (Lipinski definition) is 2. The third-order valence-corrected chi connectivity index (χ3v) is 4.23. The SMILES string of the molecule is COC1(C(=O)C2CCCC2)CCCCC1. The van der Waals surface area contributed by atoms with Gasteiger partial charge in [-0.2, -0.15) is 0 Å². The first kappa shape index (κ1) is 11.1. The molecule has 2 fully saturated rings. The van der Waals surface area contributed by atoms with Crippen LogP contribution in [0.2, 0.25) is 0 Å². The van der Waals surface area contributed by atoms with Crippen molar-refractivity contribution >= 4 is 5.78 Å². The average molecular weight is 210 g/mol. The second-order valence-electron chi connectivity index (χ2n) is 5.10. The molecule has 0 saturated heterocycles. The Balaban J connectivity index is 2.06. The summed E-state index contributed by atoms with van der Waals surface area (Å²) in [5.74, 6) is 0.727. The van der Waals surface area contributed by atoms with E-state index >= 15 is 0 Å². The standard InChI is InChI=1S/C13H22O2/c1-15-13(9-5-2-6-10-13)12(14)11-7-3-4-8-11/h11H,2-10H2,1H3. The maximum Gasteiger partial charge on any atom is 0.167 e. The summed E-state index contributed by atoms with van der Waals surface area (Å²) in [7, 11) is 1.72. The lowest BCUT2D eigenvalue weighted by molar-refractivity contribution is -0.149. The van der Waals surface area contributed by atoms with Gasteiger partial charge in [0.2, 0.25) is 0 Å². The van der Waals surface area contributed by atoms with Gasteiger partial charge in [-0.15, -0.1) is 0 Å². The fourth-order valence-corrected chi connectivity index (χ4v) is 3.23. The Morgan fingerprint density at radius 1 is 1.07 bits per heavy atom. The Morgan fingerprint density at radius 2 is 1.67 bits per heavy atom. The van der Waals surface area contributed by atoms with Crippen LogP contribution < -0.4 is 0 Å². The highest BCUT2D eigenvalue weighted by Gasteiger charge is 2.43. The molecule has 0 aromatic carbocycles. The van der Waals surface area contributed by atoms with E-state index < -0.39 is 5.60 Å². The summed E-state index contributed by atoms with van der Waals surface area (Å²) in [6.07, 6.45) is 10.2. The van der Waals surface area contributed by atoms with E-state index in [9.17, 15) is 4.79 Å². The Kier molecular flexibility index (Phi) is 3.45. The lowest BCUT2D eigenvalue weighted by Gasteiger charge is -2.36. The molecule has 0 atom stereocenters. The summed E-state index contributed by atoms with van der Waals surface area (Å²) in [6.45, 7) is 0. The number of ketones is 1. The van der Waals surface area contributed by atoms with Crippen molar-refractivity contribution in [3.05, 3.63) is 0 Å². The first-order valence-electron chi connectivity index (χ1n) is 6.38. The monoisotopic (exact) mass is 210 g/mol. The summed E-state index contributed by atoms with van der Waals surface area (Å²) in [5.41, 5.74) is -0.396. The second-order valence-corrected chi connectivity index (χ2v) is 5.10. The van der Waals surface area contributed by atoms with Gasteiger partial charge in [0.05, 0.1) is 0 Å². The van der Waals surface area contributed by atoms with Gasteiger partial charge in [-0.3, -0.25) is 4.79 Å². The molecule has 0 unspecified atom stereocenters. The van der Waals surface area contributed by atoms with E-state index in [0.717, 1.165) is 38.5 Å². The van der Waals surface area contributed by atoms with Crippen molar-refractivity contribution in [3.63, 3.8) is 0 Å². The molecule has 2 nitrogen and oxygen atoms in total. The largest absolute Gasteiger partial charge is 0.370 e. The van der Waals surface area contributed by atoms with Crippen LogP contribution in [-0.4, -0.2) is 18.5 Å². The number of ether oxygens (including phenoxy) is 1. The van der Waals surface area contributed by atoms with Crippen LogP contribution in [0.1, 0.15) is 57.8 Å². The molecule has 0 radical (unpaired) electrons. The normalized spacial score (nSPS) is 26.7. The van der Waals surface area contributed by atoms with E-state index in [1.165, 1.54) is 19.3 Å². The van der Waals surface area contributed by atoms with Gasteiger partial charge in [0.15, 0.2) is 5.78 Å². The van der Waals surface area contributed by atoms with E-state index in [-0.39, 0.29) is 0 Å². The van der Waals surface area contributed by atoms with Crippen LogP contribution in [-0.2, 0) is 9.53 Å². The Hall–Kier alpha value is -0.370. The molecular formula is C13H22O2. The van der Waals surface area contributed by atoms with E-state index in [2.05, 4.69) is 0 Å². The molecular weight excluding hydrogens is 188 g/mol. The highest BCUT2D eigenvalue weighted by atomic mass is 16.5. The van der Waals surface area contributed by atoms with Gasteiger partial charge in [-0.25, -0.2) is 0 Å². The molecule has 0 aromatic heterocycles. The molecule has 86 valence electrons. The number of carbonyl (C=O) groups is 1.